The number of anilines is 1. The second-order valence-corrected chi connectivity index (χ2v) is 4.19. The molecule has 0 fully saturated rings. The quantitative estimate of drug-likeness (QED) is 0.441. The highest BCUT2D eigenvalue weighted by molar-refractivity contribution is 5.60. The van der Waals surface area contributed by atoms with Crippen molar-refractivity contribution in [1.82, 2.24) is 5.48 Å². The summed E-state index contributed by atoms with van der Waals surface area (Å²) >= 11 is 0. The maximum atomic E-state index is 9.26. The first kappa shape index (κ1) is 13.8. The molecule has 0 amide bonds. The molecule has 0 radical (unpaired) electrons. The van der Waals surface area contributed by atoms with Crippen LogP contribution in [0.1, 0.15) is 5.56 Å². The molecule has 0 saturated heterocycles. The second-order valence-electron chi connectivity index (χ2n) is 4.19. The Morgan fingerprint density at radius 3 is 2.20 bits per heavy atom. The molecule has 20 heavy (non-hydrogen) atoms. The summed E-state index contributed by atoms with van der Waals surface area (Å²) in [5.74, 6) is 0. The zero-order chi connectivity index (χ0) is 14.2. The van der Waals surface area contributed by atoms with E-state index in [1.54, 1.807) is 6.08 Å². The van der Waals surface area contributed by atoms with Crippen LogP contribution >= 0.6 is 0 Å². The number of benzene rings is 2. The van der Waals surface area contributed by atoms with Crippen LogP contribution in [0.2, 0.25) is 0 Å². The highest BCUT2D eigenvalue weighted by Crippen LogP contribution is 2.13. The number of para-hydroxylation sites is 1. The fraction of sp³-hybridized carbons (Fsp3) is 0.0625. The molecule has 0 unspecified atom stereocenters. The van der Waals surface area contributed by atoms with E-state index in [9.17, 15) is 10.5 Å². The predicted molar refractivity (Wildman–Crippen MR) is 78.8 cm³/mol. The Hall–Kier alpha value is -2.61. The SMILES string of the molecule is N#C/C(=C/c1ccccc1)[C@H](NO)Nc1ccccc1. The van der Waals surface area contributed by atoms with E-state index in [1.165, 1.54) is 0 Å². The molecule has 4 heteroatoms. The maximum absolute atomic E-state index is 9.26. The van der Waals surface area contributed by atoms with Crippen molar-refractivity contribution in [3.8, 4) is 6.07 Å². The first-order valence-electron chi connectivity index (χ1n) is 6.21. The molecule has 0 aliphatic heterocycles. The van der Waals surface area contributed by atoms with Gasteiger partial charge in [0.2, 0.25) is 0 Å². The monoisotopic (exact) mass is 265 g/mol. The molecule has 0 heterocycles. The van der Waals surface area contributed by atoms with Crippen LogP contribution in [0.5, 0.6) is 0 Å². The highest BCUT2D eigenvalue weighted by Gasteiger charge is 2.12. The van der Waals surface area contributed by atoms with Gasteiger partial charge in [-0.3, -0.25) is 0 Å². The molecule has 100 valence electrons. The smallest absolute Gasteiger partial charge is 0.136 e. The van der Waals surface area contributed by atoms with Gasteiger partial charge in [-0.15, -0.1) is 0 Å². The van der Waals surface area contributed by atoms with Crippen LogP contribution in [0.3, 0.4) is 0 Å². The number of rotatable bonds is 5. The average Bonchev–Trinajstić information content (AvgIpc) is 2.52. The van der Waals surface area contributed by atoms with E-state index < -0.39 is 6.17 Å². The molecule has 0 aliphatic rings. The Balaban J connectivity index is 2.20. The Morgan fingerprint density at radius 2 is 1.65 bits per heavy atom. The predicted octanol–water partition coefficient (Wildman–Crippen LogP) is 3.01. The van der Waals surface area contributed by atoms with Crippen molar-refractivity contribution in [1.29, 1.82) is 5.26 Å². The normalized spacial score (nSPS) is 12.5. The Morgan fingerprint density at radius 1 is 1.05 bits per heavy atom. The summed E-state index contributed by atoms with van der Waals surface area (Å²) < 4.78 is 0. The van der Waals surface area contributed by atoms with Gasteiger partial charge in [-0.05, 0) is 23.8 Å². The minimum Gasteiger partial charge on any atom is -0.364 e. The lowest BCUT2D eigenvalue weighted by molar-refractivity contribution is 0.150. The van der Waals surface area contributed by atoms with Crippen LogP contribution in [0.25, 0.3) is 6.08 Å². The topological polar surface area (TPSA) is 68.1 Å². The van der Waals surface area contributed by atoms with Gasteiger partial charge < -0.3 is 10.5 Å². The van der Waals surface area contributed by atoms with Gasteiger partial charge in [0.05, 0.1) is 11.6 Å². The summed E-state index contributed by atoms with van der Waals surface area (Å²) in [7, 11) is 0. The molecule has 4 nitrogen and oxygen atoms in total. The van der Waals surface area contributed by atoms with Gasteiger partial charge in [-0.2, -0.15) is 10.7 Å². The van der Waals surface area contributed by atoms with E-state index in [0.29, 0.717) is 5.57 Å². The molecule has 2 aromatic carbocycles. The molecule has 1 atom stereocenters. The number of hydrogen-bond donors (Lipinski definition) is 3. The summed E-state index contributed by atoms with van der Waals surface area (Å²) in [5.41, 5.74) is 4.23. The fourth-order valence-corrected chi connectivity index (χ4v) is 1.79. The van der Waals surface area contributed by atoms with Crippen molar-refractivity contribution in [3.05, 3.63) is 71.8 Å². The Bertz CT molecular complexity index is 603. The number of nitrogens with zero attached hydrogens (tertiary/aromatic N) is 1. The molecule has 2 rings (SSSR count). The molecule has 2 aromatic rings. The number of nitriles is 1. The van der Waals surface area contributed by atoms with Crippen LogP contribution in [-0.4, -0.2) is 11.4 Å². The highest BCUT2D eigenvalue weighted by atomic mass is 16.5. The van der Waals surface area contributed by atoms with E-state index in [1.807, 2.05) is 60.7 Å². The number of hydrogen-bond acceptors (Lipinski definition) is 4. The molecule has 0 bridgehead atoms. The van der Waals surface area contributed by atoms with Crippen LogP contribution in [-0.2, 0) is 0 Å². The first-order chi connectivity index (χ1) is 9.83. The van der Waals surface area contributed by atoms with Crippen molar-refractivity contribution in [2.45, 2.75) is 6.17 Å². The van der Waals surface area contributed by atoms with Crippen LogP contribution in [0, 0.1) is 11.3 Å². The van der Waals surface area contributed by atoms with Crippen LogP contribution in [0.4, 0.5) is 5.69 Å². The van der Waals surface area contributed by atoms with Crippen molar-refractivity contribution in [2.24, 2.45) is 0 Å². The fourth-order valence-electron chi connectivity index (χ4n) is 1.79. The molecule has 0 aliphatic carbocycles. The summed E-state index contributed by atoms with van der Waals surface area (Å²) in [6.07, 6.45) is 1.06. The van der Waals surface area contributed by atoms with Gasteiger partial charge in [0.1, 0.15) is 6.17 Å². The van der Waals surface area contributed by atoms with Gasteiger partial charge in [0.25, 0.3) is 0 Å². The largest absolute Gasteiger partial charge is 0.364 e. The third-order valence-electron chi connectivity index (χ3n) is 2.78. The maximum Gasteiger partial charge on any atom is 0.136 e. The van der Waals surface area contributed by atoms with Crippen LogP contribution in [0.15, 0.2) is 66.2 Å². The molecule has 0 aromatic heterocycles. The van der Waals surface area contributed by atoms with Crippen molar-refractivity contribution in [3.63, 3.8) is 0 Å². The van der Waals surface area contributed by atoms with Crippen molar-refractivity contribution >= 4 is 11.8 Å². The average molecular weight is 265 g/mol. The molecule has 3 N–H and O–H groups in total. The van der Waals surface area contributed by atoms with Gasteiger partial charge in [-0.25, -0.2) is 0 Å². The lowest BCUT2D eigenvalue weighted by Crippen LogP contribution is -2.35. The second kappa shape index (κ2) is 7.10. The molecule has 0 spiro atoms. The summed E-state index contributed by atoms with van der Waals surface area (Å²) in [5, 5.41) is 21.6. The third kappa shape index (κ3) is 3.69. The minimum absolute atomic E-state index is 0.391. The van der Waals surface area contributed by atoms with Gasteiger partial charge >= 0.3 is 0 Å². The number of hydroxylamine groups is 1. The van der Waals surface area contributed by atoms with Crippen LogP contribution < -0.4 is 10.8 Å². The summed E-state index contributed by atoms with van der Waals surface area (Å²) in [4.78, 5) is 0. The Kier molecular flexibility index (Phi) is 4.90. The van der Waals surface area contributed by atoms with E-state index in [0.717, 1.165) is 11.3 Å². The van der Waals surface area contributed by atoms with E-state index in [4.69, 9.17) is 0 Å². The van der Waals surface area contributed by atoms with Crippen molar-refractivity contribution < 1.29 is 5.21 Å². The van der Waals surface area contributed by atoms with Gasteiger partial charge in [0.15, 0.2) is 0 Å². The molecular weight excluding hydrogens is 250 g/mol. The third-order valence-corrected chi connectivity index (χ3v) is 2.78. The summed E-state index contributed by atoms with van der Waals surface area (Å²) in [6, 6.07) is 21.0. The lowest BCUT2D eigenvalue weighted by atomic mass is 10.1. The van der Waals surface area contributed by atoms with E-state index in [2.05, 4.69) is 16.9 Å². The summed E-state index contributed by atoms with van der Waals surface area (Å²) in [6.45, 7) is 0. The Labute approximate surface area is 117 Å². The van der Waals surface area contributed by atoms with Gasteiger partial charge in [-0.1, -0.05) is 48.5 Å². The minimum atomic E-state index is -0.664. The van der Waals surface area contributed by atoms with Crippen molar-refractivity contribution in [2.75, 3.05) is 5.32 Å². The van der Waals surface area contributed by atoms with E-state index in [-0.39, 0.29) is 0 Å². The zero-order valence-electron chi connectivity index (χ0n) is 10.8. The molecule has 0 saturated carbocycles. The first-order valence-corrected chi connectivity index (χ1v) is 6.21. The lowest BCUT2D eigenvalue weighted by Gasteiger charge is -2.17. The molecular formula is C16H15N3O. The van der Waals surface area contributed by atoms with Gasteiger partial charge in [0, 0.05) is 5.69 Å². The zero-order valence-corrected chi connectivity index (χ0v) is 10.8. The van der Waals surface area contributed by atoms with E-state index >= 15 is 0 Å². The standard InChI is InChI=1S/C16H15N3O/c17-12-14(11-13-7-3-1-4-8-13)16(19-20)18-15-9-5-2-6-10-15/h1-11,16,18-20H/b14-11-/t16-/m0/s1. The number of nitrogens with one attached hydrogen (secondary N) is 2.